The van der Waals surface area contributed by atoms with Gasteiger partial charge >= 0.3 is 6.03 Å². The first-order valence-electron chi connectivity index (χ1n) is 9.08. The summed E-state index contributed by atoms with van der Waals surface area (Å²) in [5.74, 6) is 0.527. The van der Waals surface area contributed by atoms with Gasteiger partial charge in [0.05, 0.1) is 0 Å². The molecule has 0 N–H and O–H groups in total. The maximum absolute atomic E-state index is 12.7. The van der Waals surface area contributed by atoms with E-state index in [1.54, 1.807) is 9.80 Å². The number of urea groups is 1. The third kappa shape index (κ3) is 3.95. The number of hydrogen-bond acceptors (Lipinski definition) is 3. The third-order valence-electron chi connectivity index (χ3n) is 5.15. The zero-order valence-electron chi connectivity index (χ0n) is 15.4. The van der Waals surface area contributed by atoms with Crippen LogP contribution in [0.4, 0.5) is 10.5 Å². The SMILES string of the molecule is CC(C)c1ccc(N2CCN(CC(=O)N3CCN(C)CC3)C2=O)cc1. The molecule has 2 saturated heterocycles. The molecule has 2 aliphatic heterocycles. The number of amides is 3. The summed E-state index contributed by atoms with van der Waals surface area (Å²) in [5, 5.41) is 0. The summed E-state index contributed by atoms with van der Waals surface area (Å²) in [6.07, 6.45) is 0. The fraction of sp³-hybridized carbons (Fsp3) is 0.579. The Morgan fingerprint density at radius 2 is 1.64 bits per heavy atom. The van der Waals surface area contributed by atoms with E-state index in [9.17, 15) is 9.59 Å². The van der Waals surface area contributed by atoms with Gasteiger partial charge in [0.1, 0.15) is 6.54 Å². The number of likely N-dealkylation sites (N-methyl/N-ethyl adjacent to an activating group) is 1. The summed E-state index contributed by atoms with van der Waals surface area (Å²) < 4.78 is 0. The molecule has 1 aromatic carbocycles. The summed E-state index contributed by atoms with van der Waals surface area (Å²) in [4.78, 5) is 32.6. The van der Waals surface area contributed by atoms with Crippen LogP contribution in [0.25, 0.3) is 0 Å². The van der Waals surface area contributed by atoms with Gasteiger partial charge in [-0.1, -0.05) is 26.0 Å². The van der Waals surface area contributed by atoms with E-state index in [1.807, 2.05) is 17.0 Å². The number of carbonyl (C=O) groups excluding carboxylic acids is 2. The second kappa shape index (κ2) is 7.44. The largest absolute Gasteiger partial charge is 0.339 e. The normalized spacial score (nSPS) is 19.2. The highest BCUT2D eigenvalue weighted by atomic mass is 16.2. The van der Waals surface area contributed by atoms with E-state index in [0.717, 1.165) is 31.9 Å². The van der Waals surface area contributed by atoms with Crippen LogP contribution in [0.5, 0.6) is 0 Å². The standard InChI is InChI=1S/C19H28N4O2/c1-15(2)16-4-6-17(7-5-16)23-13-12-22(19(23)25)14-18(24)21-10-8-20(3)9-11-21/h4-7,15H,8-14H2,1-3H3. The van der Waals surface area contributed by atoms with Gasteiger partial charge < -0.3 is 14.7 Å². The van der Waals surface area contributed by atoms with Crippen LogP contribution in [-0.2, 0) is 4.79 Å². The van der Waals surface area contributed by atoms with Gasteiger partial charge in [-0.3, -0.25) is 9.69 Å². The molecule has 0 atom stereocenters. The minimum absolute atomic E-state index is 0.0541. The van der Waals surface area contributed by atoms with Crippen molar-refractivity contribution < 1.29 is 9.59 Å². The van der Waals surface area contributed by atoms with E-state index in [4.69, 9.17) is 0 Å². The number of benzene rings is 1. The van der Waals surface area contributed by atoms with Crippen LogP contribution in [0.2, 0.25) is 0 Å². The Labute approximate surface area is 150 Å². The Morgan fingerprint density at radius 3 is 2.24 bits per heavy atom. The van der Waals surface area contributed by atoms with Crippen molar-refractivity contribution >= 4 is 17.6 Å². The first-order chi connectivity index (χ1) is 12.0. The number of nitrogens with zero attached hydrogens (tertiary/aromatic N) is 4. The molecule has 0 unspecified atom stereocenters. The zero-order chi connectivity index (χ0) is 18.0. The van der Waals surface area contributed by atoms with E-state index in [2.05, 4.69) is 37.9 Å². The highest BCUT2D eigenvalue weighted by Gasteiger charge is 2.32. The van der Waals surface area contributed by atoms with Crippen LogP contribution in [0.1, 0.15) is 25.3 Å². The summed E-state index contributed by atoms with van der Waals surface area (Å²) in [6, 6.07) is 8.08. The summed E-state index contributed by atoms with van der Waals surface area (Å²) >= 11 is 0. The fourth-order valence-corrected chi connectivity index (χ4v) is 3.33. The van der Waals surface area contributed by atoms with Crippen LogP contribution in [-0.4, -0.2) is 79.5 Å². The van der Waals surface area contributed by atoms with Gasteiger partial charge in [0.15, 0.2) is 0 Å². The van der Waals surface area contributed by atoms with Crippen LogP contribution in [0, 0.1) is 0 Å². The van der Waals surface area contributed by atoms with Crippen LogP contribution in [0.15, 0.2) is 24.3 Å². The fourth-order valence-electron chi connectivity index (χ4n) is 3.33. The molecule has 2 fully saturated rings. The average molecular weight is 344 g/mol. The van der Waals surface area contributed by atoms with Crippen molar-refractivity contribution in [1.82, 2.24) is 14.7 Å². The van der Waals surface area contributed by atoms with Gasteiger partial charge in [-0.25, -0.2) is 4.79 Å². The number of piperazine rings is 1. The summed E-state index contributed by atoms with van der Waals surface area (Å²) in [7, 11) is 2.06. The number of hydrogen-bond donors (Lipinski definition) is 0. The second-order valence-electron chi connectivity index (χ2n) is 7.29. The molecular formula is C19H28N4O2. The lowest BCUT2D eigenvalue weighted by Crippen LogP contribution is -2.50. The topological polar surface area (TPSA) is 47.1 Å². The molecule has 3 amide bonds. The summed E-state index contributed by atoms with van der Waals surface area (Å²) in [6.45, 7) is 9.02. The molecule has 2 heterocycles. The van der Waals surface area contributed by atoms with Crippen molar-refractivity contribution in [2.75, 3.05) is 57.8 Å². The van der Waals surface area contributed by atoms with Crippen molar-refractivity contribution in [3.63, 3.8) is 0 Å². The number of anilines is 1. The molecule has 136 valence electrons. The Morgan fingerprint density at radius 1 is 1.00 bits per heavy atom. The molecule has 0 spiro atoms. The summed E-state index contributed by atoms with van der Waals surface area (Å²) in [5.41, 5.74) is 2.17. The van der Waals surface area contributed by atoms with Gasteiger partial charge in [-0.05, 0) is 30.7 Å². The molecule has 6 nitrogen and oxygen atoms in total. The Kier molecular flexibility index (Phi) is 5.27. The first-order valence-corrected chi connectivity index (χ1v) is 9.08. The minimum Gasteiger partial charge on any atom is -0.339 e. The van der Waals surface area contributed by atoms with Gasteiger partial charge in [0, 0.05) is 45.0 Å². The number of rotatable bonds is 4. The van der Waals surface area contributed by atoms with Gasteiger partial charge in [0.2, 0.25) is 5.91 Å². The predicted molar refractivity (Wildman–Crippen MR) is 98.9 cm³/mol. The molecule has 0 bridgehead atoms. The van der Waals surface area contributed by atoms with Crippen molar-refractivity contribution in [3.05, 3.63) is 29.8 Å². The highest BCUT2D eigenvalue weighted by molar-refractivity contribution is 5.96. The Bertz CT molecular complexity index is 621. The van der Waals surface area contributed by atoms with Gasteiger partial charge in [0.25, 0.3) is 0 Å². The van der Waals surface area contributed by atoms with Crippen molar-refractivity contribution in [2.24, 2.45) is 0 Å². The van der Waals surface area contributed by atoms with Crippen LogP contribution in [0.3, 0.4) is 0 Å². The van der Waals surface area contributed by atoms with Crippen molar-refractivity contribution in [2.45, 2.75) is 19.8 Å². The quantitative estimate of drug-likeness (QED) is 0.837. The van der Waals surface area contributed by atoms with Crippen molar-refractivity contribution in [3.8, 4) is 0 Å². The highest BCUT2D eigenvalue weighted by Crippen LogP contribution is 2.23. The smallest absolute Gasteiger partial charge is 0.325 e. The Hall–Kier alpha value is -2.08. The molecule has 25 heavy (non-hydrogen) atoms. The predicted octanol–water partition coefficient (Wildman–Crippen LogP) is 1.83. The van der Waals surface area contributed by atoms with Crippen LogP contribution >= 0.6 is 0 Å². The lowest BCUT2D eigenvalue weighted by atomic mass is 10.0. The van der Waals surface area contributed by atoms with E-state index >= 15 is 0 Å². The van der Waals surface area contributed by atoms with E-state index < -0.39 is 0 Å². The Balaban J connectivity index is 1.59. The zero-order valence-corrected chi connectivity index (χ0v) is 15.4. The number of carbonyl (C=O) groups is 2. The molecule has 0 aliphatic carbocycles. The molecule has 1 aromatic rings. The lowest BCUT2D eigenvalue weighted by Gasteiger charge is -2.33. The molecule has 0 saturated carbocycles. The minimum atomic E-state index is -0.0697. The molecule has 6 heteroatoms. The maximum atomic E-state index is 12.7. The van der Waals surface area contributed by atoms with Crippen LogP contribution < -0.4 is 4.90 Å². The molecule has 2 aliphatic rings. The van der Waals surface area contributed by atoms with E-state index in [0.29, 0.717) is 19.0 Å². The first kappa shape index (κ1) is 17.7. The van der Waals surface area contributed by atoms with Gasteiger partial charge in [-0.15, -0.1) is 0 Å². The van der Waals surface area contributed by atoms with Gasteiger partial charge in [-0.2, -0.15) is 0 Å². The molecular weight excluding hydrogens is 316 g/mol. The third-order valence-corrected chi connectivity index (χ3v) is 5.15. The molecule has 3 rings (SSSR count). The van der Waals surface area contributed by atoms with Crippen molar-refractivity contribution in [1.29, 1.82) is 0 Å². The monoisotopic (exact) mass is 344 g/mol. The van der Waals surface area contributed by atoms with E-state index in [-0.39, 0.29) is 18.5 Å². The average Bonchev–Trinajstić information content (AvgIpc) is 2.96. The molecule has 0 aromatic heterocycles. The maximum Gasteiger partial charge on any atom is 0.325 e. The second-order valence-corrected chi connectivity index (χ2v) is 7.29. The molecule has 0 radical (unpaired) electrons. The lowest BCUT2D eigenvalue weighted by molar-refractivity contribution is -0.133. The van der Waals surface area contributed by atoms with E-state index in [1.165, 1.54) is 5.56 Å².